The maximum absolute atomic E-state index is 11.7. The van der Waals surface area contributed by atoms with Crippen LogP contribution in [0.25, 0.3) is 0 Å². The maximum Gasteiger partial charge on any atom is 0.306 e. The molecule has 1 heterocycles. The molecule has 1 aliphatic rings. The fourth-order valence-corrected chi connectivity index (χ4v) is 1.86. The Kier molecular flexibility index (Phi) is 5.57. The van der Waals surface area contributed by atoms with Gasteiger partial charge in [0.25, 0.3) is 0 Å². The molecule has 0 aromatic rings. The van der Waals surface area contributed by atoms with Gasteiger partial charge in [-0.25, -0.2) is 0 Å². The predicted molar refractivity (Wildman–Crippen MR) is 63.9 cm³/mol. The second-order valence-electron chi connectivity index (χ2n) is 4.27. The molecule has 0 bridgehead atoms. The second-order valence-corrected chi connectivity index (χ2v) is 4.27. The van der Waals surface area contributed by atoms with Crippen LogP contribution in [0.3, 0.4) is 0 Å². The van der Waals surface area contributed by atoms with Crippen molar-refractivity contribution in [2.24, 2.45) is 5.92 Å². The van der Waals surface area contributed by atoms with Crippen LogP contribution in [0.2, 0.25) is 0 Å². The van der Waals surface area contributed by atoms with E-state index in [0.717, 1.165) is 0 Å². The van der Waals surface area contributed by atoms with Crippen molar-refractivity contribution in [3.05, 3.63) is 0 Å². The number of nitrogens with one attached hydrogen (secondary N) is 2. The average Bonchev–Trinajstić information content (AvgIpc) is 2.38. The van der Waals surface area contributed by atoms with E-state index in [2.05, 4.69) is 10.6 Å². The van der Waals surface area contributed by atoms with Gasteiger partial charge in [-0.3, -0.25) is 19.7 Å². The fourth-order valence-electron chi connectivity index (χ4n) is 1.86. The highest BCUT2D eigenvalue weighted by Crippen LogP contribution is 2.16. The van der Waals surface area contributed by atoms with Crippen LogP contribution in [0.15, 0.2) is 0 Å². The first-order valence-electron chi connectivity index (χ1n) is 5.96. The SMILES string of the molecule is CNC(=O)CNCC(=O)N1CCC(C(=O)O)CC1. The van der Waals surface area contributed by atoms with Gasteiger partial charge in [0, 0.05) is 20.1 Å². The van der Waals surface area contributed by atoms with Gasteiger partial charge in [-0.05, 0) is 12.8 Å². The Labute approximate surface area is 106 Å². The van der Waals surface area contributed by atoms with Crippen molar-refractivity contribution in [1.82, 2.24) is 15.5 Å². The van der Waals surface area contributed by atoms with Crippen LogP contribution in [0.4, 0.5) is 0 Å². The van der Waals surface area contributed by atoms with Crippen molar-refractivity contribution in [3.63, 3.8) is 0 Å². The van der Waals surface area contributed by atoms with Crippen molar-refractivity contribution in [2.75, 3.05) is 33.2 Å². The minimum absolute atomic E-state index is 0.0947. The van der Waals surface area contributed by atoms with Gasteiger partial charge in [0.05, 0.1) is 19.0 Å². The summed E-state index contributed by atoms with van der Waals surface area (Å²) in [7, 11) is 1.53. The molecule has 102 valence electrons. The van der Waals surface area contributed by atoms with Gasteiger partial charge in [-0.1, -0.05) is 0 Å². The Bertz CT molecular complexity index is 324. The molecule has 1 aliphatic heterocycles. The molecule has 1 fully saturated rings. The molecular weight excluding hydrogens is 238 g/mol. The van der Waals surface area contributed by atoms with Gasteiger partial charge in [0.15, 0.2) is 0 Å². The van der Waals surface area contributed by atoms with E-state index in [1.807, 2.05) is 0 Å². The third-order valence-electron chi connectivity index (χ3n) is 3.04. The molecule has 0 saturated carbocycles. The largest absolute Gasteiger partial charge is 0.481 e. The molecule has 0 aromatic carbocycles. The van der Waals surface area contributed by atoms with Crippen molar-refractivity contribution >= 4 is 17.8 Å². The summed E-state index contributed by atoms with van der Waals surface area (Å²) in [6.45, 7) is 1.15. The lowest BCUT2D eigenvalue weighted by Crippen LogP contribution is -2.45. The third kappa shape index (κ3) is 4.33. The standard InChI is InChI=1S/C11H19N3O4/c1-12-9(15)6-13-7-10(16)14-4-2-8(3-5-14)11(17)18/h8,13H,2-7H2,1H3,(H,12,15)(H,17,18). The fraction of sp³-hybridized carbons (Fsp3) is 0.727. The number of carbonyl (C=O) groups is 3. The number of likely N-dealkylation sites (N-methyl/N-ethyl adjacent to an activating group) is 1. The van der Waals surface area contributed by atoms with Crippen molar-refractivity contribution < 1.29 is 19.5 Å². The molecule has 0 aromatic heterocycles. The average molecular weight is 257 g/mol. The number of amides is 2. The minimum Gasteiger partial charge on any atom is -0.481 e. The lowest BCUT2D eigenvalue weighted by atomic mass is 9.97. The summed E-state index contributed by atoms with van der Waals surface area (Å²) in [5.74, 6) is -1.40. The molecule has 0 spiro atoms. The number of rotatable bonds is 5. The van der Waals surface area contributed by atoms with Gasteiger partial charge in [0.1, 0.15) is 0 Å². The molecule has 18 heavy (non-hydrogen) atoms. The Morgan fingerprint density at radius 1 is 1.22 bits per heavy atom. The second kappa shape index (κ2) is 6.95. The van der Waals surface area contributed by atoms with Crippen molar-refractivity contribution in [3.8, 4) is 0 Å². The van der Waals surface area contributed by atoms with Crippen LogP contribution < -0.4 is 10.6 Å². The number of hydrogen-bond acceptors (Lipinski definition) is 4. The summed E-state index contributed by atoms with van der Waals surface area (Å²) in [4.78, 5) is 35.0. The van der Waals surface area contributed by atoms with Crippen LogP contribution >= 0.6 is 0 Å². The molecule has 1 saturated heterocycles. The summed E-state index contributed by atoms with van der Waals surface area (Å²) in [6.07, 6.45) is 0.993. The zero-order valence-corrected chi connectivity index (χ0v) is 10.4. The molecule has 0 unspecified atom stereocenters. The predicted octanol–water partition coefficient (Wildman–Crippen LogP) is -1.35. The van der Waals surface area contributed by atoms with Gasteiger partial charge in [-0.2, -0.15) is 0 Å². The molecule has 0 atom stereocenters. The van der Waals surface area contributed by atoms with Crippen molar-refractivity contribution in [1.29, 1.82) is 0 Å². The van der Waals surface area contributed by atoms with E-state index in [0.29, 0.717) is 25.9 Å². The normalized spacial score (nSPS) is 16.4. The Morgan fingerprint density at radius 2 is 1.83 bits per heavy atom. The van der Waals surface area contributed by atoms with Crippen LogP contribution in [-0.2, 0) is 14.4 Å². The first kappa shape index (κ1) is 14.4. The van der Waals surface area contributed by atoms with E-state index in [1.165, 1.54) is 7.05 Å². The highest BCUT2D eigenvalue weighted by Gasteiger charge is 2.26. The Morgan fingerprint density at radius 3 is 2.33 bits per heavy atom. The molecular formula is C11H19N3O4. The number of carbonyl (C=O) groups excluding carboxylic acids is 2. The first-order valence-corrected chi connectivity index (χ1v) is 5.96. The summed E-state index contributed by atoms with van der Waals surface area (Å²) in [6, 6.07) is 0. The van der Waals surface area contributed by atoms with Crippen LogP contribution in [0, 0.1) is 5.92 Å². The van der Waals surface area contributed by atoms with Gasteiger partial charge in [0.2, 0.25) is 11.8 Å². The summed E-state index contributed by atoms with van der Waals surface area (Å²) >= 11 is 0. The zero-order chi connectivity index (χ0) is 13.5. The number of nitrogens with zero attached hydrogens (tertiary/aromatic N) is 1. The number of aliphatic carboxylic acids is 1. The lowest BCUT2D eigenvalue weighted by Gasteiger charge is -2.30. The molecule has 7 nitrogen and oxygen atoms in total. The minimum atomic E-state index is -0.792. The van der Waals surface area contributed by atoms with Crippen LogP contribution in [0.5, 0.6) is 0 Å². The van der Waals surface area contributed by atoms with E-state index < -0.39 is 5.97 Å². The zero-order valence-electron chi connectivity index (χ0n) is 10.4. The summed E-state index contributed by atoms with van der Waals surface area (Å²) in [5.41, 5.74) is 0. The number of likely N-dealkylation sites (tertiary alicyclic amines) is 1. The summed E-state index contributed by atoms with van der Waals surface area (Å²) in [5, 5.41) is 14.0. The highest BCUT2D eigenvalue weighted by molar-refractivity contribution is 5.81. The molecule has 0 aliphatic carbocycles. The van der Waals surface area contributed by atoms with E-state index >= 15 is 0 Å². The molecule has 2 amide bonds. The van der Waals surface area contributed by atoms with Crippen LogP contribution in [-0.4, -0.2) is 61.0 Å². The topological polar surface area (TPSA) is 98.7 Å². The van der Waals surface area contributed by atoms with E-state index in [4.69, 9.17) is 5.11 Å². The molecule has 0 radical (unpaired) electrons. The maximum atomic E-state index is 11.7. The van der Waals surface area contributed by atoms with Crippen LogP contribution in [0.1, 0.15) is 12.8 Å². The van der Waals surface area contributed by atoms with Crippen molar-refractivity contribution in [2.45, 2.75) is 12.8 Å². The van der Waals surface area contributed by atoms with Gasteiger partial charge >= 0.3 is 5.97 Å². The first-order chi connectivity index (χ1) is 8.54. The summed E-state index contributed by atoms with van der Waals surface area (Å²) < 4.78 is 0. The van der Waals surface area contributed by atoms with Gasteiger partial charge < -0.3 is 15.3 Å². The Balaban J connectivity index is 2.24. The van der Waals surface area contributed by atoms with E-state index in [1.54, 1.807) is 4.90 Å². The molecule has 7 heteroatoms. The number of piperidine rings is 1. The van der Waals surface area contributed by atoms with E-state index in [-0.39, 0.29) is 30.8 Å². The molecule has 1 rings (SSSR count). The number of hydrogen-bond donors (Lipinski definition) is 3. The van der Waals surface area contributed by atoms with Gasteiger partial charge in [-0.15, -0.1) is 0 Å². The highest BCUT2D eigenvalue weighted by atomic mass is 16.4. The molecule has 3 N–H and O–H groups in total. The number of carboxylic acid groups (broad SMARTS) is 1. The monoisotopic (exact) mass is 257 g/mol. The number of carboxylic acids is 1. The lowest BCUT2D eigenvalue weighted by molar-refractivity contribution is -0.145. The quantitative estimate of drug-likeness (QED) is 0.565. The smallest absolute Gasteiger partial charge is 0.306 e. The van der Waals surface area contributed by atoms with E-state index in [9.17, 15) is 14.4 Å². The Hall–Kier alpha value is -1.63. The third-order valence-corrected chi connectivity index (χ3v) is 3.04.